The minimum absolute atomic E-state index is 0.140. The number of hydrogen-bond acceptors (Lipinski definition) is 8. The van der Waals surface area contributed by atoms with E-state index in [9.17, 15) is 9.90 Å². The van der Waals surface area contributed by atoms with Crippen LogP contribution in [0.2, 0.25) is 0 Å². The molecule has 0 saturated heterocycles. The minimum Gasteiger partial charge on any atom is -0.493 e. The van der Waals surface area contributed by atoms with Crippen LogP contribution in [-0.2, 0) is 12.4 Å². The van der Waals surface area contributed by atoms with E-state index < -0.39 is 5.97 Å². The molecule has 0 amide bonds. The number of esters is 1. The molecule has 2 rings (SSSR count). The first-order valence-electron chi connectivity index (χ1n) is 8.34. The summed E-state index contributed by atoms with van der Waals surface area (Å²) in [6, 6.07) is 6.47. The molecule has 152 valence electrons. The van der Waals surface area contributed by atoms with Crippen molar-refractivity contribution >= 4 is 17.7 Å². The van der Waals surface area contributed by atoms with Crippen LogP contribution in [0.3, 0.4) is 0 Å². The van der Waals surface area contributed by atoms with E-state index in [1.165, 1.54) is 40.6 Å². The monoisotopic (exact) mass is 408 g/mol. The molecule has 0 spiro atoms. The van der Waals surface area contributed by atoms with Crippen molar-refractivity contribution in [1.82, 2.24) is 0 Å². The summed E-state index contributed by atoms with van der Waals surface area (Å²) in [7, 11) is 5.91. The van der Waals surface area contributed by atoms with E-state index in [1.807, 2.05) is 6.26 Å². The summed E-state index contributed by atoms with van der Waals surface area (Å²) < 4.78 is 26.9. The van der Waals surface area contributed by atoms with Crippen molar-refractivity contribution in [3.63, 3.8) is 0 Å². The predicted molar refractivity (Wildman–Crippen MR) is 107 cm³/mol. The lowest BCUT2D eigenvalue weighted by molar-refractivity contribution is 0.0727. The standard InChI is InChI=1S/C20H24O7S/c1-23-15-7-12(10-21)6-14(11-28-5)18(15)27-20(22)13-8-16(24-2)19(26-4)17(9-13)25-3/h6-9,21H,10-11H2,1-5H3. The average molecular weight is 408 g/mol. The van der Waals surface area contributed by atoms with Crippen molar-refractivity contribution in [2.75, 3.05) is 34.7 Å². The van der Waals surface area contributed by atoms with Crippen LogP contribution in [0.5, 0.6) is 28.7 Å². The zero-order chi connectivity index (χ0) is 20.7. The van der Waals surface area contributed by atoms with Crippen molar-refractivity contribution in [2.45, 2.75) is 12.4 Å². The van der Waals surface area contributed by atoms with Gasteiger partial charge in [0.1, 0.15) is 0 Å². The summed E-state index contributed by atoms with van der Waals surface area (Å²) in [5.41, 5.74) is 1.66. The fourth-order valence-corrected chi connectivity index (χ4v) is 3.22. The number of carbonyl (C=O) groups excluding carboxylic acids is 1. The number of methoxy groups -OCH3 is 4. The second-order valence-electron chi connectivity index (χ2n) is 5.68. The average Bonchev–Trinajstić information content (AvgIpc) is 2.73. The van der Waals surface area contributed by atoms with Crippen LogP contribution in [-0.4, -0.2) is 45.8 Å². The molecule has 0 aromatic heterocycles. The van der Waals surface area contributed by atoms with Crippen molar-refractivity contribution in [3.05, 3.63) is 41.0 Å². The van der Waals surface area contributed by atoms with E-state index in [-0.39, 0.29) is 12.2 Å². The number of benzene rings is 2. The van der Waals surface area contributed by atoms with E-state index in [0.29, 0.717) is 40.1 Å². The summed E-state index contributed by atoms with van der Waals surface area (Å²) in [5, 5.41) is 9.46. The smallest absolute Gasteiger partial charge is 0.343 e. The maximum Gasteiger partial charge on any atom is 0.343 e. The molecular formula is C20H24O7S. The Morgan fingerprint density at radius 3 is 1.93 bits per heavy atom. The fraction of sp³-hybridized carbons (Fsp3) is 0.350. The first-order valence-corrected chi connectivity index (χ1v) is 9.74. The van der Waals surface area contributed by atoms with Gasteiger partial charge in [-0.3, -0.25) is 0 Å². The first kappa shape index (κ1) is 21.7. The van der Waals surface area contributed by atoms with E-state index in [0.717, 1.165) is 5.56 Å². The number of aliphatic hydroxyl groups is 1. The highest BCUT2D eigenvalue weighted by Crippen LogP contribution is 2.39. The maximum atomic E-state index is 12.8. The largest absolute Gasteiger partial charge is 0.493 e. The van der Waals surface area contributed by atoms with Gasteiger partial charge in [0.15, 0.2) is 23.0 Å². The molecule has 2 aromatic rings. The number of hydrogen-bond donors (Lipinski definition) is 1. The zero-order valence-corrected chi connectivity index (χ0v) is 17.3. The molecule has 8 heteroatoms. The molecule has 0 aliphatic heterocycles. The van der Waals surface area contributed by atoms with Gasteiger partial charge in [0.2, 0.25) is 5.75 Å². The molecule has 0 fully saturated rings. The molecular weight excluding hydrogens is 384 g/mol. The normalized spacial score (nSPS) is 10.4. The molecule has 1 N–H and O–H groups in total. The van der Waals surface area contributed by atoms with Crippen LogP contribution < -0.4 is 23.7 Å². The Morgan fingerprint density at radius 2 is 1.46 bits per heavy atom. The summed E-state index contributed by atoms with van der Waals surface area (Å²) >= 11 is 1.56. The lowest BCUT2D eigenvalue weighted by atomic mass is 10.1. The van der Waals surface area contributed by atoms with Crippen molar-refractivity contribution in [3.8, 4) is 28.7 Å². The third-order valence-electron chi connectivity index (χ3n) is 3.99. The van der Waals surface area contributed by atoms with E-state index in [1.54, 1.807) is 23.9 Å². The minimum atomic E-state index is -0.600. The third kappa shape index (κ3) is 4.63. The number of carbonyl (C=O) groups is 1. The Morgan fingerprint density at radius 1 is 0.893 bits per heavy atom. The van der Waals surface area contributed by atoms with E-state index in [4.69, 9.17) is 23.7 Å². The Hall–Kier alpha value is -2.58. The molecule has 0 radical (unpaired) electrons. The van der Waals surface area contributed by atoms with Gasteiger partial charge in [-0.25, -0.2) is 4.79 Å². The molecule has 0 aliphatic rings. The number of rotatable bonds is 9. The molecule has 0 atom stereocenters. The number of ether oxygens (including phenoxy) is 5. The fourth-order valence-electron chi connectivity index (χ4n) is 2.70. The Kier molecular flexibility index (Phi) is 7.83. The highest BCUT2D eigenvalue weighted by molar-refractivity contribution is 7.97. The zero-order valence-electron chi connectivity index (χ0n) is 16.5. The van der Waals surface area contributed by atoms with Crippen molar-refractivity contribution in [1.29, 1.82) is 0 Å². The number of aliphatic hydroxyl groups excluding tert-OH is 1. The lowest BCUT2D eigenvalue weighted by Crippen LogP contribution is -2.12. The molecule has 0 heterocycles. The second kappa shape index (κ2) is 10.1. The van der Waals surface area contributed by atoms with Crippen LogP contribution in [0.15, 0.2) is 24.3 Å². The van der Waals surface area contributed by atoms with Crippen LogP contribution in [0.1, 0.15) is 21.5 Å². The summed E-state index contributed by atoms with van der Waals surface area (Å²) in [6.45, 7) is -0.140. The topological polar surface area (TPSA) is 83.5 Å². The molecule has 28 heavy (non-hydrogen) atoms. The Bertz CT molecular complexity index is 811. The van der Waals surface area contributed by atoms with Gasteiger partial charge in [0, 0.05) is 11.3 Å². The van der Waals surface area contributed by atoms with Crippen molar-refractivity contribution < 1.29 is 33.6 Å². The number of thioether (sulfide) groups is 1. The van der Waals surface area contributed by atoms with E-state index >= 15 is 0 Å². The quantitative estimate of drug-likeness (QED) is 0.500. The van der Waals surface area contributed by atoms with Gasteiger partial charge in [-0.2, -0.15) is 11.8 Å². The van der Waals surface area contributed by atoms with Gasteiger partial charge in [0.05, 0.1) is 40.6 Å². The van der Waals surface area contributed by atoms with Gasteiger partial charge < -0.3 is 28.8 Å². The van der Waals surface area contributed by atoms with E-state index in [2.05, 4.69) is 0 Å². The summed E-state index contributed by atoms with van der Waals surface area (Å²) in [4.78, 5) is 12.8. The van der Waals surface area contributed by atoms with Crippen LogP contribution >= 0.6 is 11.8 Å². The van der Waals surface area contributed by atoms with Gasteiger partial charge in [-0.15, -0.1) is 0 Å². The second-order valence-corrected chi connectivity index (χ2v) is 6.55. The van der Waals surface area contributed by atoms with Gasteiger partial charge in [0.25, 0.3) is 0 Å². The van der Waals surface area contributed by atoms with Crippen molar-refractivity contribution in [2.24, 2.45) is 0 Å². The van der Waals surface area contributed by atoms with Crippen LogP contribution in [0.25, 0.3) is 0 Å². The summed E-state index contributed by atoms with van der Waals surface area (Å²) in [6.07, 6.45) is 1.93. The molecule has 0 aliphatic carbocycles. The predicted octanol–water partition coefficient (Wildman–Crippen LogP) is 3.30. The SMILES string of the molecule is COc1cc(CO)cc(CSC)c1OC(=O)c1cc(OC)c(OC)c(OC)c1. The molecule has 0 bridgehead atoms. The molecule has 0 unspecified atom stereocenters. The van der Waals surface area contributed by atoms with Crippen LogP contribution in [0, 0.1) is 0 Å². The first-order chi connectivity index (χ1) is 13.5. The molecule has 2 aromatic carbocycles. The van der Waals surface area contributed by atoms with Gasteiger partial charge >= 0.3 is 5.97 Å². The maximum absolute atomic E-state index is 12.8. The third-order valence-corrected chi connectivity index (χ3v) is 4.59. The Balaban J connectivity index is 2.47. The highest BCUT2D eigenvalue weighted by Gasteiger charge is 2.21. The molecule has 7 nitrogen and oxygen atoms in total. The summed E-state index contributed by atoms with van der Waals surface area (Å²) in [5.74, 6) is 1.75. The van der Waals surface area contributed by atoms with Gasteiger partial charge in [-0.05, 0) is 36.1 Å². The molecule has 0 saturated carbocycles. The Labute approximate surface area is 168 Å². The highest BCUT2D eigenvalue weighted by atomic mass is 32.2. The lowest BCUT2D eigenvalue weighted by Gasteiger charge is -2.17. The van der Waals surface area contributed by atoms with Crippen LogP contribution in [0.4, 0.5) is 0 Å². The van der Waals surface area contributed by atoms with Gasteiger partial charge in [-0.1, -0.05) is 0 Å².